The molecule has 15 heteroatoms. The molecule has 0 aliphatic carbocycles. The summed E-state index contributed by atoms with van der Waals surface area (Å²) in [5, 5.41) is 9.79. The molecule has 1 aromatic heterocycles. The molecule has 1 saturated heterocycles. The molecule has 3 amide bonds. The molecular formula is C32H39F4N5O6. The second kappa shape index (κ2) is 14.9. The van der Waals surface area contributed by atoms with Crippen LogP contribution in [0.1, 0.15) is 43.9 Å². The van der Waals surface area contributed by atoms with Crippen molar-refractivity contribution in [3.05, 3.63) is 65.2 Å². The number of hydrogen-bond donors (Lipinski definition) is 2. The fraction of sp³-hybridized carbons (Fsp3) is 0.469. The smallest absolute Gasteiger partial charge is 0.476 e. The summed E-state index contributed by atoms with van der Waals surface area (Å²) in [5.41, 5.74) is 1.00. The van der Waals surface area contributed by atoms with Crippen molar-refractivity contribution in [2.24, 2.45) is 5.92 Å². The zero-order valence-electron chi connectivity index (χ0n) is 26.8. The number of amides is 3. The molecule has 0 bridgehead atoms. The molecule has 2 aromatic carbocycles. The van der Waals surface area contributed by atoms with Crippen molar-refractivity contribution < 1.29 is 46.1 Å². The second-order valence-corrected chi connectivity index (χ2v) is 12.1. The van der Waals surface area contributed by atoms with Crippen molar-refractivity contribution in [1.29, 1.82) is 0 Å². The van der Waals surface area contributed by atoms with E-state index >= 15 is 4.39 Å². The number of piperidine rings is 1. The Morgan fingerprint density at radius 2 is 1.81 bits per heavy atom. The van der Waals surface area contributed by atoms with E-state index in [9.17, 15) is 22.8 Å². The van der Waals surface area contributed by atoms with E-state index in [1.54, 1.807) is 58.0 Å². The number of nitrogens with one attached hydrogen (secondary N) is 2. The predicted molar refractivity (Wildman–Crippen MR) is 164 cm³/mol. The Hall–Kier alpha value is -4.53. The highest BCUT2D eigenvalue weighted by Crippen LogP contribution is 2.31. The summed E-state index contributed by atoms with van der Waals surface area (Å²) in [6.45, 7) is 6.90. The number of urea groups is 1. The maximum absolute atomic E-state index is 15.1. The molecule has 11 nitrogen and oxygen atoms in total. The van der Waals surface area contributed by atoms with Gasteiger partial charge in [0, 0.05) is 31.7 Å². The first-order valence-electron chi connectivity index (χ1n) is 14.9. The number of rotatable bonds is 10. The van der Waals surface area contributed by atoms with E-state index in [0.717, 1.165) is 0 Å². The van der Waals surface area contributed by atoms with Crippen molar-refractivity contribution in [1.82, 2.24) is 20.0 Å². The number of anilines is 1. The normalized spacial score (nSPS) is 16.8. The SMILES string of the molecule is COCc1ccc(OC(F)(F)F)c(CNC(=O)Nc2c(C)c(OC[C@H]3CCN(C(=O)OC(C)(C)C)C[C@H]3F)nn2-c2ccccc2)c1. The van der Waals surface area contributed by atoms with Gasteiger partial charge in [0.15, 0.2) is 0 Å². The number of carbonyl (C=O) groups excluding carboxylic acids is 2. The summed E-state index contributed by atoms with van der Waals surface area (Å²) in [6, 6.07) is 12.2. The van der Waals surface area contributed by atoms with Crippen LogP contribution in [0.25, 0.3) is 5.69 Å². The molecule has 3 aromatic rings. The van der Waals surface area contributed by atoms with Gasteiger partial charge in [-0.3, -0.25) is 5.32 Å². The lowest BCUT2D eigenvalue weighted by molar-refractivity contribution is -0.274. The fourth-order valence-electron chi connectivity index (χ4n) is 4.91. The Morgan fingerprint density at radius 1 is 1.09 bits per heavy atom. The van der Waals surface area contributed by atoms with E-state index in [-0.39, 0.29) is 43.6 Å². The number of aromatic nitrogens is 2. The lowest BCUT2D eigenvalue weighted by Crippen LogP contribution is -2.48. The molecule has 1 fully saturated rings. The molecule has 1 aliphatic heterocycles. The Balaban J connectivity index is 1.46. The largest absolute Gasteiger partial charge is 0.573 e. The van der Waals surface area contributed by atoms with Gasteiger partial charge < -0.3 is 29.2 Å². The van der Waals surface area contributed by atoms with E-state index in [4.69, 9.17) is 14.2 Å². The highest BCUT2D eigenvalue weighted by molar-refractivity contribution is 5.89. The highest BCUT2D eigenvalue weighted by Gasteiger charge is 2.35. The quantitative estimate of drug-likeness (QED) is 0.237. The van der Waals surface area contributed by atoms with Gasteiger partial charge in [-0.15, -0.1) is 18.3 Å². The van der Waals surface area contributed by atoms with Crippen molar-refractivity contribution in [2.75, 3.05) is 32.1 Å². The van der Waals surface area contributed by atoms with E-state index < -0.39 is 41.9 Å². The van der Waals surface area contributed by atoms with Crippen LogP contribution in [-0.4, -0.2) is 71.7 Å². The van der Waals surface area contributed by atoms with Crippen LogP contribution < -0.4 is 20.1 Å². The van der Waals surface area contributed by atoms with Gasteiger partial charge in [0.1, 0.15) is 23.3 Å². The Kier molecular flexibility index (Phi) is 11.2. The van der Waals surface area contributed by atoms with Crippen LogP contribution in [0, 0.1) is 12.8 Å². The Bertz CT molecular complexity index is 1530. The van der Waals surface area contributed by atoms with Gasteiger partial charge in [0.2, 0.25) is 5.88 Å². The summed E-state index contributed by atoms with van der Waals surface area (Å²) in [6.07, 6.45) is -6.51. The number of alkyl halides is 4. The molecule has 2 N–H and O–H groups in total. The summed E-state index contributed by atoms with van der Waals surface area (Å²) >= 11 is 0. The number of carbonyl (C=O) groups is 2. The van der Waals surface area contributed by atoms with Gasteiger partial charge >= 0.3 is 18.5 Å². The third kappa shape index (κ3) is 9.98. The third-order valence-electron chi connectivity index (χ3n) is 7.17. The Labute approximate surface area is 270 Å². The minimum absolute atomic E-state index is 0.0264. The zero-order chi connectivity index (χ0) is 34.4. The molecule has 0 unspecified atom stereocenters. The molecule has 47 heavy (non-hydrogen) atoms. The maximum atomic E-state index is 15.1. The average molecular weight is 666 g/mol. The van der Waals surface area contributed by atoms with E-state index in [1.807, 2.05) is 0 Å². The molecule has 256 valence electrons. The second-order valence-electron chi connectivity index (χ2n) is 12.1. The summed E-state index contributed by atoms with van der Waals surface area (Å²) < 4.78 is 76.1. The number of halogens is 4. The van der Waals surface area contributed by atoms with E-state index in [0.29, 0.717) is 29.8 Å². The number of nitrogens with zero attached hydrogens (tertiary/aromatic N) is 3. The van der Waals surface area contributed by atoms with Gasteiger partial charge in [-0.2, -0.15) is 0 Å². The van der Waals surface area contributed by atoms with Gasteiger partial charge in [0.25, 0.3) is 0 Å². The monoisotopic (exact) mass is 665 g/mol. The van der Waals surface area contributed by atoms with Crippen LogP contribution in [0.5, 0.6) is 11.6 Å². The first-order valence-corrected chi connectivity index (χ1v) is 14.9. The van der Waals surface area contributed by atoms with Gasteiger partial charge in [-0.05, 0) is 63.9 Å². The van der Waals surface area contributed by atoms with Gasteiger partial charge in [-0.1, -0.05) is 24.3 Å². The third-order valence-corrected chi connectivity index (χ3v) is 7.17. The summed E-state index contributed by atoms with van der Waals surface area (Å²) in [4.78, 5) is 26.8. The van der Waals surface area contributed by atoms with Crippen LogP contribution in [-0.2, 0) is 22.6 Å². The summed E-state index contributed by atoms with van der Waals surface area (Å²) in [7, 11) is 1.45. The van der Waals surface area contributed by atoms with Gasteiger partial charge in [-0.25, -0.2) is 18.7 Å². The fourth-order valence-corrected chi connectivity index (χ4v) is 4.91. The number of hydrogen-bond acceptors (Lipinski definition) is 7. The van der Waals surface area contributed by atoms with E-state index in [2.05, 4.69) is 20.5 Å². The number of para-hydroxylation sites is 1. The minimum atomic E-state index is -4.92. The molecule has 0 spiro atoms. The lowest BCUT2D eigenvalue weighted by atomic mass is 9.96. The number of benzene rings is 2. The van der Waals surface area contributed by atoms with Crippen molar-refractivity contribution in [3.8, 4) is 17.3 Å². The van der Waals surface area contributed by atoms with E-state index in [1.165, 1.54) is 34.9 Å². The standard InChI is InChI=1S/C32H39F4N5O6/c1-20-27(38-29(42)37-16-23-15-21(18-44-5)11-12-26(23)46-32(34,35)36)41(24-9-7-6-8-10-24)39-28(20)45-19-22-13-14-40(17-25(22)33)30(43)47-31(2,3)4/h6-12,15,22,25H,13-14,16-19H2,1-5H3,(H2,37,38,42)/t22-,25-/m1/s1. The molecule has 0 saturated carbocycles. The molecule has 2 atom stereocenters. The van der Waals surface area contributed by atoms with Crippen LogP contribution in [0.3, 0.4) is 0 Å². The summed E-state index contributed by atoms with van der Waals surface area (Å²) in [5.74, 6) is -0.585. The number of likely N-dealkylation sites (tertiary alicyclic amines) is 1. The predicted octanol–water partition coefficient (Wildman–Crippen LogP) is 6.52. The topological polar surface area (TPSA) is 116 Å². The molecule has 0 radical (unpaired) electrons. The van der Waals surface area contributed by atoms with Crippen LogP contribution in [0.15, 0.2) is 48.5 Å². The first-order chi connectivity index (χ1) is 22.1. The van der Waals surface area contributed by atoms with Crippen LogP contribution in [0.4, 0.5) is 33.0 Å². The molecular weight excluding hydrogens is 626 g/mol. The minimum Gasteiger partial charge on any atom is -0.476 e. The van der Waals surface area contributed by atoms with Crippen LogP contribution in [0.2, 0.25) is 0 Å². The lowest BCUT2D eigenvalue weighted by Gasteiger charge is -2.35. The number of ether oxygens (including phenoxy) is 4. The zero-order valence-corrected chi connectivity index (χ0v) is 26.8. The Morgan fingerprint density at radius 3 is 2.45 bits per heavy atom. The molecule has 2 heterocycles. The highest BCUT2D eigenvalue weighted by atomic mass is 19.4. The van der Waals surface area contributed by atoms with Crippen LogP contribution >= 0.6 is 0 Å². The van der Waals surface area contributed by atoms with Crippen molar-refractivity contribution in [2.45, 2.75) is 65.4 Å². The number of methoxy groups -OCH3 is 1. The first kappa shape index (κ1) is 35.3. The van der Waals surface area contributed by atoms with Crippen molar-refractivity contribution in [3.63, 3.8) is 0 Å². The molecule has 1 aliphatic rings. The average Bonchev–Trinajstić information content (AvgIpc) is 3.30. The maximum Gasteiger partial charge on any atom is 0.573 e. The molecule has 4 rings (SSSR count). The van der Waals surface area contributed by atoms with Gasteiger partial charge in [0.05, 0.1) is 31.0 Å². The van der Waals surface area contributed by atoms with Crippen molar-refractivity contribution >= 4 is 17.9 Å².